The van der Waals surface area contributed by atoms with Gasteiger partial charge in [0.15, 0.2) is 17.5 Å². The normalized spacial score (nSPS) is 15.4. The van der Waals surface area contributed by atoms with Gasteiger partial charge in [-0.2, -0.15) is 0 Å². The van der Waals surface area contributed by atoms with Gasteiger partial charge in [0.25, 0.3) is 0 Å². The zero-order chi connectivity index (χ0) is 30.9. The summed E-state index contributed by atoms with van der Waals surface area (Å²) in [5, 5.41) is 1.06. The molecule has 33 heavy (non-hydrogen) atoms. The number of fused-ring (bicyclic) bond motifs is 2. The first kappa shape index (κ1) is 11.7. The monoisotopic (exact) mass is 453 g/mol. The smallest absolute Gasteiger partial charge is 0.164 e. The van der Waals surface area contributed by atoms with Gasteiger partial charge in [-0.1, -0.05) is 96.4 Å². The van der Waals surface area contributed by atoms with Gasteiger partial charge in [-0.3, -0.25) is 0 Å². The van der Waals surface area contributed by atoms with Crippen molar-refractivity contribution in [1.29, 1.82) is 0 Å². The first-order chi connectivity index (χ1) is 20.4. The molecule has 0 aliphatic carbocycles. The topological polar surface area (TPSA) is 38.7 Å². The second-order valence-corrected chi connectivity index (χ2v) is 7.49. The molecule has 5 aromatic carbocycles. The zero-order valence-corrected chi connectivity index (χ0v) is 17.6. The van der Waals surface area contributed by atoms with E-state index in [1.807, 2.05) is 36.4 Å². The van der Waals surface area contributed by atoms with Crippen LogP contribution in [0.1, 0.15) is 13.7 Å². The van der Waals surface area contributed by atoms with Crippen LogP contribution in [0.15, 0.2) is 109 Å². The largest absolute Gasteiger partial charge is 0.208 e. The van der Waals surface area contributed by atoms with E-state index in [2.05, 4.69) is 15.0 Å². The quantitative estimate of drug-likeness (QED) is 0.274. The van der Waals surface area contributed by atoms with E-state index in [9.17, 15) is 0 Å². The van der Waals surface area contributed by atoms with Gasteiger partial charge < -0.3 is 0 Å². The standard InChI is InChI=1S/C29H18ClN3/c30-26-11-5-10-23(18-26)27-31-28(24-14-12-19-6-1-3-8-21(19)16-24)33-29(32-27)25-15-13-20-7-2-4-9-22(20)17-25/h1-18H/i1D,3D,6D,8D,10D,11D,12D,14D,16D,18D. The Morgan fingerprint density at radius 2 is 1.24 bits per heavy atom. The number of hydrogen-bond donors (Lipinski definition) is 0. The molecule has 1 heterocycles. The van der Waals surface area contributed by atoms with Crippen LogP contribution in [0.25, 0.3) is 55.7 Å². The Kier molecular flexibility index (Phi) is 2.88. The molecule has 0 saturated carbocycles. The summed E-state index contributed by atoms with van der Waals surface area (Å²) in [5.41, 5.74) is 0.116. The maximum Gasteiger partial charge on any atom is 0.164 e. The Balaban J connectivity index is 1.73. The highest BCUT2D eigenvalue weighted by Gasteiger charge is 2.13. The van der Waals surface area contributed by atoms with Gasteiger partial charge in [-0.15, -0.1) is 0 Å². The SMILES string of the molecule is [2H]c1cc([2H])c(-c2nc(-c3ccc4ccccc4c3)nc(-c3c([2H])c([2H])c4c([2H])c([2H])c([2H])c([2H])c4c3[2H])n2)c([2H])c1Cl. The Hall–Kier alpha value is -4.08. The third-order valence-corrected chi connectivity index (χ3v) is 5.19. The molecule has 156 valence electrons. The molecule has 3 nitrogen and oxygen atoms in total. The van der Waals surface area contributed by atoms with Gasteiger partial charge in [-0.25, -0.2) is 15.0 Å². The molecule has 0 spiro atoms. The van der Waals surface area contributed by atoms with Crippen molar-refractivity contribution in [2.45, 2.75) is 0 Å². The minimum atomic E-state index is -0.593. The number of halogens is 1. The van der Waals surface area contributed by atoms with Crippen molar-refractivity contribution in [2.75, 3.05) is 0 Å². The fourth-order valence-corrected chi connectivity index (χ4v) is 3.57. The summed E-state index contributed by atoms with van der Waals surface area (Å²) in [6.45, 7) is 0. The minimum Gasteiger partial charge on any atom is -0.208 e. The molecule has 0 atom stereocenters. The van der Waals surface area contributed by atoms with E-state index < -0.39 is 42.3 Å². The van der Waals surface area contributed by atoms with E-state index in [0.29, 0.717) is 5.56 Å². The molecule has 1 aromatic heterocycles. The van der Waals surface area contributed by atoms with Gasteiger partial charge in [0.05, 0.1) is 13.7 Å². The summed E-state index contributed by atoms with van der Waals surface area (Å²) >= 11 is 6.19. The Morgan fingerprint density at radius 1 is 0.545 bits per heavy atom. The van der Waals surface area contributed by atoms with Crippen LogP contribution in [-0.2, 0) is 0 Å². The Labute approximate surface area is 210 Å². The summed E-state index contributed by atoms with van der Waals surface area (Å²) in [4.78, 5) is 13.5. The molecule has 0 fully saturated rings. The highest BCUT2D eigenvalue weighted by Crippen LogP contribution is 2.29. The average Bonchev–Trinajstić information content (AvgIpc) is 2.99. The molecular weight excluding hydrogens is 426 g/mol. The van der Waals surface area contributed by atoms with Crippen molar-refractivity contribution in [2.24, 2.45) is 0 Å². The summed E-state index contributed by atoms with van der Waals surface area (Å²) in [5.74, 6) is -0.391. The van der Waals surface area contributed by atoms with E-state index in [1.165, 1.54) is 0 Å². The van der Waals surface area contributed by atoms with Crippen LogP contribution in [0.3, 0.4) is 0 Å². The highest BCUT2D eigenvalue weighted by atomic mass is 35.5. The number of benzene rings is 5. The van der Waals surface area contributed by atoms with Crippen LogP contribution >= 0.6 is 11.6 Å². The lowest BCUT2D eigenvalue weighted by Crippen LogP contribution is -2.00. The van der Waals surface area contributed by atoms with E-state index >= 15 is 0 Å². The molecular formula is C29H18ClN3. The number of rotatable bonds is 3. The summed E-state index contributed by atoms with van der Waals surface area (Å²) in [6.07, 6.45) is 0. The summed E-state index contributed by atoms with van der Waals surface area (Å²) < 4.78 is 84.2. The summed E-state index contributed by atoms with van der Waals surface area (Å²) in [6, 6.07) is 9.48. The molecule has 0 aliphatic heterocycles. The van der Waals surface area contributed by atoms with Gasteiger partial charge in [-0.05, 0) is 45.7 Å². The van der Waals surface area contributed by atoms with Gasteiger partial charge in [0.2, 0.25) is 0 Å². The van der Waals surface area contributed by atoms with Crippen LogP contribution in [0, 0.1) is 0 Å². The average molecular weight is 454 g/mol. The first-order valence-electron chi connectivity index (χ1n) is 14.9. The molecule has 0 aliphatic rings. The molecule has 6 rings (SSSR count). The lowest BCUT2D eigenvalue weighted by atomic mass is 10.1. The molecule has 0 unspecified atom stereocenters. The second-order valence-electron chi connectivity index (χ2n) is 7.12. The van der Waals surface area contributed by atoms with E-state index in [0.717, 1.165) is 16.8 Å². The van der Waals surface area contributed by atoms with E-state index in [4.69, 9.17) is 25.3 Å². The lowest BCUT2D eigenvalue weighted by molar-refractivity contribution is 1.08. The number of hydrogen-bond acceptors (Lipinski definition) is 3. The number of nitrogens with zero attached hydrogens (tertiary/aromatic N) is 3. The van der Waals surface area contributed by atoms with Gasteiger partial charge in [0.1, 0.15) is 0 Å². The van der Waals surface area contributed by atoms with Crippen LogP contribution in [0.5, 0.6) is 0 Å². The van der Waals surface area contributed by atoms with E-state index in [1.54, 1.807) is 6.07 Å². The molecule has 0 N–H and O–H groups in total. The predicted molar refractivity (Wildman–Crippen MR) is 136 cm³/mol. The predicted octanol–water partition coefficient (Wildman–Crippen LogP) is 7.83. The van der Waals surface area contributed by atoms with Gasteiger partial charge in [0, 0.05) is 21.7 Å². The molecule has 0 saturated heterocycles. The zero-order valence-electron chi connectivity index (χ0n) is 26.8. The van der Waals surface area contributed by atoms with Crippen molar-refractivity contribution in [3.8, 4) is 34.2 Å². The van der Waals surface area contributed by atoms with E-state index in [-0.39, 0.29) is 62.5 Å². The lowest BCUT2D eigenvalue weighted by Gasteiger charge is -2.10. The summed E-state index contributed by atoms with van der Waals surface area (Å²) in [7, 11) is 0. The molecule has 6 aromatic rings. The van der Waals surface area contributed by atoms with Crippen molar-refractivity contribution in [3.63, 3.8) is 0 Å². The van der Waals surface area contributed by atoms with Crippen LogP contribution in [0.2, 0.25) is 5.02 Å². The van der Waals surface area contributed by atoms with Crippen molar-refractivity contribution >= 4 is 33.1 Å². The van der Waals surface area contributed by atoms with Crippen LogP contribution in [-0.4, -0.2) is 15.0 Å². The van der Waals surface area contributed by atoms with Crippen molar-refractivity contribution in [1.82, 2.24) is 15.0 Å². The maximum atomic E-state index is 8.95. The third-order valence-electron chi connectivity index (χ3n) is 4.99. The third kappa shape index (κ3) is 3.84. The second kappa shape index (κ2) is 8.12. The van der Waals surface area contributed by atoms with Crippen LogP contribution in [0.4, 0.5) is 0 Å². The minimum absolute atomic E-state index is 0.0658. The highest BCUT2D eigenvalue weighted by molar-refractivity contribution is 6.30. The fraction of sp³-hybridized carbons (Fsp3) is 0. The molecule has 0 radical (unpaired) electrons. The van der Waals surface area contributed by atoms with Crippen LogP contribution < -0.4 is 0 Å². The van der Waals surface area contributed by atoms with Crippen molar-refractivity contribution < 1.29 is 13.7 Å². The Morgan fingerprint density at radius 3 is 2.06 bits per heavy atom. The number of aromatic nitrogens is 3. The van der Waals surface area contributed by atoms with Crippen molar-refractivity contribution in [3.05, 3.63) is 114 Å². The first-order valence-corrected chi connectivity index (χ1v) is 10.3. The maximum absolute atomic E-state index is 8.95. The van der Waals surface area contributed by atoms with Gasteiger partial charge >= 0.3 is 0 Å². The fourth-order valence-electron chi connectivity index (χ4n) is 3.42. The molecule has 0 bridgehead atoms. The Bertz CT molecular complexity index is 2170. The molecule has 4 heteroatoms. The molecule has 0 amide bonds.